The van der Waals surface area contributed by atoms with Gasteiger partial charge in [-0.25, -0.2) is 4.79 Å². The molecule has 0 atom stereocenters. The van der Waals surface area contributed by atoms with Crippen LogP contribution in [0.15, 0.2) is 24.3 Å². The van der Waals surface area contributed by atoms with Crippen molar-refractivity contribution in [1.82, 2.24) is 10.2 Å². The molecule has 108 valence electrons. The summed E-state index contributed by atoms with van der Waals surface area (Å²) in [5.74, 6) is -1.73. The van der Waals surface area contributed by atoms with Crippen molar-refractivity contribution < 1.29 is 19.5 Å². The second-order valence-electron chi connectivity index (χ2n) is 4.13. The molecule has 0 aliphatic rings. The molecular formula is C14H18N2O4. The van der Waals surface area contributed by atoms with Gasteiger partial charge in [0.15, 0.2) is 0 Å². The van der Waals surface area contributed by atoms with Gasteiger partial charge in [-0.2, -0.15) is 0 Å². The van der Waals surface area contributed by atoms with Gasteiger partial charge in [0.25, 0.3) is 5.91 Å². The van der Waals surface area contributed by atoms with Crippen LogP contribution in [0.3, 0.4) is 0 Å². The fraction of sp³-hybridized carbons (Fsp3) is 0.357. The molecule has 6 heteroatoms. The molecule has 0 unspecified atom stereocenters. The smallest absolute Gasteiger partial charge is 0.335 e. The predicted octanol–water partition coefficient (Wildman–Crippen LogP) is 0.983. The van der Waals surface area contributed by atoms with Crippen LogP contribution in [-0.4, -0.2) is 47.4 Å². The summed E-state index contributed by atoms with van der Waals surface area (Å²) in [5.41, 5.74) is 0.255. The van der Waals surface area contributed by atoms with E-state index < -0.39 is 11.9 Å². The van der Waals surface area contributed by atoms with Gasteiger partial charge in [-0.05, 0) is 32.0 Å². The molecule has 2 amide bonds. The average Bonchev–Trinajstić information content (AvgIpc) is 2.46. The largest absolute Gasteiger partial charge is 0.478 e. The number of amides is 2. The van der Waals surface area contributed by atoms with E-state index in [0.717, 1.165) is 0 Å². The zero-order chi connectivity index (χ0) is 15.1. The SMILES string of the molecule is CCN(CC)C(=O)CNC(=O)c1cccc(C(=O)O)c1. The van der Waals surface area contributed by atoms with Crippen LogP contribution >= 0.6 is 0 Å². The maximum absolute atomic E-state index is 11.8. The van der Waals surface area contributed by atoms with Crippen molar-refractivity contribution in [3.05, 3.63) is 35.4 Å². The van der Waals surface area contributed by atoms with Crippen molar-refractivity contribution in [3.63, 3.8) is 0 Å². The Labute approximate surface area is 117 Å². The maximum Gasteiger partial charge on any atom is 0.335 e. The fourth-order valence-corrected chi connectivity index (χ4v) is 1.74. The molecule has 0 saturated carbocycles. The fourth-order valence-electron chi connectivity index (χ4n) is 1.74. The van der Waals surface area contributed by atoms with E-state index in [1.165, 1.54) is 24.3 Å². The Morgan fingerprint density at radius 2 is 1.75 bits per heavy atom. The summed E-state index contributed by atoms with van der Waals surface area (Å²) in [4.78, 5) is 36.0. The highest BCUT2D eigenvalue weighted by molar-refractivity contribution is 5.98. The number of likely N-dealkylation sites (N-methyl/N-ethyl adjacent to an activating group) is 1. The van der Waals surface area contributed by atoms with Crippen LogP contribution < -0.4 is 5.32 Å². The van der Waals surface area contributed by atoms with Crippen molar-refractivity contribution in [2.45, 2.75) is 13.8 Å². The molecule has 0 spiro atoms. The number of rotatable bonds is 6. The standard InChI is InChI=1S/C14H18N2O4/c1-3-16(4-2)12(17)9-15-13(18)10-6-5-7-11(8-10)14(19)20/h5-8H,3-4,9H2,1-2H3,(H,15,18)(H,19,20). The molecule has 0 radical (unpaired) electrons. The number of nitrogens with one attached hydrogen (secondary N) is 1. The number of carbonyl (C=O) groups excluding carboxylic acids is 2. The van der Waals surface area contributed by atoms with Crippen molar-refractivity contribution in [2.75, 3.05) is 19.6 Å². The molecule has 0 aromatic heterocycles. The van der Waals surface area contributed by atoms with E-state index in [0.29, 0.717) is 13.1 Å². The number of aromatic carboxylic acids is 1. The van der Waals surface area contributed by atoms with Gasteiger partial charge in [-0.3, -0.25) is 9.59 Å². The Morgan fingerprint density at radius 1 is 1.15 bits per heavy atom. The van der Waals surface area contributed by atoms with Crippen molar-refractivity contribution in [2.24, 2.45) is 0 Å². The predicted molar refractivity (Wildman–Crippen MR) is 73.7 cm³/mol. The molecule has 0 aliphatic carbocycles. The summed E-state index contributed by atoms with van der Waals surface area (Å²) in [7, 11) is 0. The Hall–Kier alpha value is -2.37. The van der Waals surface area contributed by atoms with Crippen LogP contribution in [-0.2, 0) is 4.79 Å². The number of hydrogen-bond acceptors (Lipinski definition) is 3. The van der Waals surface area contributed by atoms with Gasteiger partial charge in [0, 0.05) is 18.7 Å². The zero-order valence-corrected chi connectivity index (χ0v) is 11.5. The first-order valence-corrected chi connectivity index (χ1v) is 6.38. The minimum Gasteiger partial charge on any atom is -0.478 e. The average molecular weight is 278 g/mol. The first-order valence-electron chi connectivity index (χ1n) is 6.38. The molecule has 0 fully saturated rings. The van der Waals surface area contributed by atoms with Gasteiger partial charge < -0.3 is 15.3 Å². The lowest BCUT2D eigenvalue weighted by Gasteiger charge is -2.18. The summed E-state index contributed by atoms with van der Waals surface area (Å²) in [5, 5.41) is 11.3. The van der Waals surface area contributed by atoms with E-state index in [1.807, 2.05) is 13.8 Å². The topological polar surface area (TPSA) is 86.7 Å². The second-order valence-corrected chi connectivity index (χ2v) is 4.13. The number of carboxylic acids is 1. The van der Waals surface area contributed by atoms with E-state index in [-0.39, 0.29) is 23.6 Å². The van der Waals surface area contributed by atoms with E-state index in [2.05, 4.69) is 5.32 Å². The van der Waals surface area contributed by atoms with E-state index in [1.54, 1.807) is 4.90 Å². The summed E-state index contributed by atoms with van der Waals surface area (Å²) >= 11 is 0. The number of benzene rings is 1. The quantitative estimate of drug-likeness (QED) is 0.812. The number of carboxylic acid groups (broad SMARTS) is 1. The number of carbonyl (C=O) groups is 3. The summed E-state index contributed by atoms with van der Waals surface area (Å²) < 4.78 is 0. The van der Waals surface area contributed by atoms with Gasteiger partial charge >= 0.3 is 5.97 Å². The second kappa shape index (κ2) is 7.28. The molecule has 0 bridgehead atoms. The maximum atomic E-state index is 11.8. The highest BCUT2D eigenvalue weighted by atomic mass is 16.4. The lowest BCUT2D eigenvalue weighted by Crippen LogP contribution is -2.40. The van der Waals surface area contributed by atoms with Crippen LogP contribution in [0.2, 0.25) is 0 Å². The lowest BCUT2D eigenvalue weighted by molar-refractivity contribution is -0.129. The molecule has 0 saturated heterocycles. The van der Waals surface area contributed by atoms with Crippen LogP contribution in [0.1, 0.15) is 34.6 Å². The highest BCUT2D eigenvalue weighted by Crippen LogP contribution is 2.05. The first-order chi connectivity index (χ1) is 9.49. The van der Waals surface area contributed by atoms with Crippen molar-refractivity contribution in [1.29, 1.82) is 0 Å². The number of hydrogen-bond donors (Lipinski definition) is 2. The Balaban J connectivity index is 2.65. The lowest BCUT2D eigenvalue weighted by atomic mass is 10.1. The summed E-state index contributed by atoms with van der Waals surface area (Å²) in [6.45, 7) is 4.79. The molecule has 1 rings (SSSR count). The zero-order valence-electron chi connectivity index (χ0n) is 11.5. The Morgan fingerprint density at radius 3 is 2.30 bits per heavy atom. The van der Waals surface area contributed by atoms with Gasteiger partial charge in [-0.1, -0.05) is 6.07 Å². The summed E-state index contributed by atoms with van der Waals surface area (Å²) in [6.07, 6.45) is 0. The van der Waals surface area contributed by atoms with Gasteiger partial charge in [-0.15, -0.1) is 0 Å². The first kappa shape index (κ1) is 15.7. The molecule has 0 heterocycles. The normalized spacial score (nSPS) is 9.90. The Kier molecular flexibility index (Phi) is 5.71. The minimum absolute atomic E-state index is 0.0349. The third kappa shape index (κ3) is 4.08. The molecule has 6 nitrogen and oxygen atoms in total. The molecule has 0 aliphatic heterocycles. The highest BCUT2D eigenvalue weighted by Gasteiger charge is 2.13. The Bertz CT molecular complexity index is 510. The van der Waals surface area contributed by atoms with Crippen LogP contribution in [0.5, 0.6) is 0 Å². The van der Waals surface area contributed by atoms with Crippen LogP contribution in [0, 0.1) is 0 Å². The molecule has 1 aromatic carbocycles. The van der Waals surface area contributed by atoms with Crippen LogP contribution in [0.4, 0.5) is 0 Å². The molecule has 2 N–H and O–H groups in total. The number of nitrogens with zero attached hydrogens (tertiary/aromatic N) is 1. The molecule has 20 heavy (non-hydrogen) atoms. The monoisotopic (exact) mass is 278 g/mol. The van der Waals surface area contributed by atoms with E-state index in [4.69, 9.17) is 5.11 Å². The third-order valence-electron chi connectivity index (χ3n) is 2.89. The van der Waals surface area contributed by atoms with E-state index in [9.17, 15) is 14.4 Å². The third-order valence-corrected chi connectivity index (χ3v) is 2.89. The van der Waals surface area contributed by atoms with E-state index >= 15 is 0 Å². The van der Waals surface area contributed by atoms with Crippen molar-refractivity contribution >= 4 is 17.8 Å². The molecule has 1 aromatic rings. The van der Waals surface area contributed by atoms with Gasteiger partial charge in [0.1, 0.15) is 0 Å². The molecular weight excluding hydrogens is 260 g/mol. The minimum atomic E-state index is -1.10. The summed E-state index contributed by atoms with van der Waals surface area (Å²) in [6, 6.07) is 5.67. The van der Waals surface area contributed by atoms with Gasteiger partial charge in [0.2, 0.25) is 5.91 Å². The van der Waals surface area contributed by atoms with Crippen LogP contribution in [0.25, 0.3) is 0 Å². The van der Waals surface area contributed by atoms with Crippen molar-refractivity contribution in [3.8, 4) is 0 Å². The van der Waals surface area contributed by atoms with Gasteiger partial charge in [0.05, 0.1) is 12.1 Å².